The Balaban J connectivity index is 0.00000196. The predicted molar refractivity (Wildman–Crippen MR) is 109 cm³/mol. The van der Waals surface area contributed by atoms with Gasteiger partial charge in [-0.25, -0.2) is 8.78 Å². The number of nitrogens with zero attached hydrogens (tertiary/aromatic N) is 1. The quantitative estimate of drug-likeness (QED) is 0.756. The molecular weight excluding hydrogens is 411 g/mol. The monoisotopic (exact) mass is 439 g/mol. The molecule has 0 aliphatic carbocycles. The molecule has 2 saturated heterocycles. The van der Waals surface area contributed by atoms with E-state index in [2.05, 4.69) is 10.2 Å². The van der Waals surface area contributed by atoms with E-state index in [-0.39, 0.29) is 54.8 Å². The summed E-state index contributed by atoms with van der Waals surface area (Å²) >= 11 is 0. The van der Waals surface area contributed by atoms with Crippen molar-refractivity contribution in [2.24, 2.45) is 11.7 Å². The highest BCUT2D eigenvalue weighted by molar-refractivity contribution is 5.85. The molecule has 2 atom stereocenters. The Morgan fingerprint density at radius 3 is 2.39 bits per heavy atom. The van der Waals surface area contributed by atoms with Gasteiger partial charge in [0.15, 0.2) is 0 Å². The van der Waals surface area contributed by atoms with Crippen LogP contribution in [0.25, 0.3) is 0 Å². The normalized spacial score (nSPS) is 23.8. The summed E-state index contributed by atoms with van der Waals surface area (Å²) < 4.78 is 32.9. The zero-order valence-electron chi connectivity index (χ0n) is 15.7. The summed E-state index contributed by atoms with van der Waals surface area (Å²) in [4.78, 5) is 14.9. The van der Waals surface area contributed by atoms with Crippen LogP contribution in [0.1, 0.15) is 31.2 Å². The first-order valence-electron chi connectivity index (χ1n) is 9.32. The summed E-state index contributed by atoms with van der Waals surface area (Å²) in [5.41, 5.74) is 6.09. The Hall–Kier alpha value is -0.990. The molecular formula is C19H29Cl2F2N3O2. The van der Waals surface area contributed by atoms with Gasteiger partial charge in [0, 0.05) is 50.5 Å². The van der Waals surface area contributed by atoms with Crippen LogP contribution in [0.15, 0.2) is 18.2 Å². The van der Waals surface area contributed by atoms with E-state index in [1.807, 2.05) is 0 Å². The van der Waals surface area contributed by atoms with E-state index >= 15 is 0 Å². The maximum absolute atomic E-state index is 13.7. The second kappa shape index (κ2) is 11.9. The molecule has 0 unspecified atom stereocenters. The molecule has 2 heterocycles. The number of carbonyl (C=O) groups is 1. The van der Waals surface area contributed by atoms with E-state index in [0.29, 0.717) is 19.0 Å². The molecule has 2 aliphatic heterocycles. The third-order valence-corrected chi connectivity index (χ3v) is 5.39. The maximum atomic E-state index is 13.7. The minimum Gasteiger partial charge on any atom is -0.381 e. The van der Waals surface area contributed by atoms with Crippen molar-refractivity contribution in [1.29, 1.82) is 0 Å². The zero-order valence-corrected chi connectivity index (χ0v) is 17.4. The third kappa shape index (κ3) is 6.52. The molecule has 3 N–H and O–H groups in total. The molecule has 0 aromatic heterocycles. The lowest BCUT2D eigenvalue weighted by Crippen LogP contribution is -2.47. The molecule has 0 radical (unpaired) electrons. The van der Waals surface area contributed by atoms with E-state index < -0.39 is 11.6 Å². The van der Waals surface area contributed by atoms with Gasteiger partial charge < -0.3 is 15.8 Å². The zero-order chi connectivity index (χ0) is 18.5. The molecule has 1 amide bonds. The van der Waals surface area contributed by atoms with Crippen molar-refractivity contribution in [3.8, 4) is 0 Å². The average molecular weight is 440 g/mol. The highest BCUT2D eigenvalue weighted by Crippen LogP contribution is 2.23. The number of amides is 1. The smallest absolute Gasteiger partial charge is 0.224 e. The van der Waals surface area contributed by atoms with Crippen LogP contribution in [-0.4, -0.2) is 49.2 Å². The fraction of sp³-hybridized carbons (Fsp3) is 0.632. The average Bonchev–Trinajstić information content (AvgIpc) is 2.84. The highest BCUT2D eigenvalue weighted by atomic mass is 35.5. The van der Waals surface area contributed by atoms with Crippen LogP contribution >= 0.6 is 24.8 Å². The van der Waals surface area contributed by atoms with Crippen LogP contribution in [0, 0.1) is 17.6 Å². The van der Waals surface area contributed by atoms with E-state index in [0.717, 1.165) is 39.0 Å². The van der Waals surface area contributed by atoms with Crippen LogP contribution in [0.2, 0.25) is 0 Å². The topological polar surface area (TPSA) is 67.6 Å². The molecule has 5 nitrogen and oxygen atoms in total. The summed E-state index contributed by atoms with van der Waals surface area (Å²) in [6.07, 6.45) is 3.35. The minimum atomic E-state index is -0.642. The van der Waals surface area contributed by atoms with Crippen LogP contribution in [0.3, 0.4) is 0 Å². The number of ether oxygens (including phenoxy) is 1. The van der Waals surface area contributed by atoms with Crippen LogP contribution < -0.4 is 11.1 Å². The number of likely N-dealkylation sites (tertiary alicyclic amines) is 1. The Kier molecular flexibility index (Phi) is 10.6. The Morgan fingerprint density at radius 1 is 1.11 bits per heavy atom. The summed E-state index contributed by atoms with van der Waals surface area (Å²) in [7, 11) is 0. The van der Waals surface area contributed by atoms with Crippen LogP contribution in [-0.2, 0) is 16.1 Å². The van der Waals surface area contributed by atoms with Gasteiger partial charge in [-0.05, 0) is 37.8 Å². The lowest BCUT2D eigenvalue weighted by molar-refractivity contribution is -0.126. The summed E-state index contributed by atoms with van der Waals surface area (Å²) in [5.74, 6) is -1.67. The standard InChI is InChI=1S/C19H27F2N3O2.2ClH/c20-17-2-1-3-18(21)16(17)10-23-19(25)13-4-5-14(22)12-24(11-13)15-6-8-26-9-7-15;;/h1-3,13-15H,4-12,22H2,(H,23,25);2*1H/t13-,14+;;/m1../s1. The number of halogens is 4. The van der Waals surface area contributed by atoms with Gasteiger partial charge in [-0.3, -0.25) is 9.69 Å². The predicted octanol–water partition coefficient (Wildman–Crippen LogP) is 2.64. The van der Waals surface area contributed by atoms with Gasteiger partial charge in [-0.1, -0.05) is 6.07 Å². The fourth-order valence-electron chi connectivity index (χ4n) is 3.84. The minimum absolute atomic E-state index is 0. The van der Waals surface area contributed by atoms with Crippen LogP contribution in [0.5, 0.6) is 0 Å². The Morgan fingerprint density at radius 2 is 1.75 bits per heavy atom. The van der Waals surface area contributed by atoms with Crippen molar-refractivity contribution in [2.45, 2.75) is 44.3 Å². The molecule has 3 rings (SSSR count). The molecule has 0 spiro atoms. The number of benzene rings is 1. The summed E-state index contributed by atoms with van der Waals surface area (Å²) in [6, 6.07) is 4.13. The van der Waals surface area contributed by atoms with Crippen molar-refractivity contribution in [1.82, 2.24) is 10.2 Å². The van der Waals surface area contributed by atoms with Crippen LogP contribution in [0.4, 0.5) is 8.78 Å². The van der Waals surface area contributed by atoms with Gasteiger partial charge in [-0.2, -0.15) is 0 Å². The summed E-state index contributed by atoms with van der Waals surface area (Å²) in [5, 5.41) is 2.71. The van der Waals surface area contributed by atoms with Gasteiger partial charge in [0.1, 0.15) is 11.6 Å². The molecule has 2 aliphatic rings. The fourth-order valence-corrected chi connectivity index (χ4v) is 3.84. The maximum Gasteiger partial charge on any atom is 0.224 e. The van der Waals surface area contributed by atoms with Crippen molar-refractivity contribution in [3.05, 3.63) is 35.4 Å². The second-order valence-electron chi connectivity index (χ2n) is 7.25. The van der Waals surface area contributed by atoms with Crippen molar-refractivity contribution in [3.63, 3.8) is 0 Å². The first-order valence-corrected chi connectivity index (χ1v) is 9.32. The van der Waals surface area contributed by atoms with Crippen molar-refractivity contribution < 1.29 is 18.3 Å². The van der Waals surface area contributed by atoms with Gasteiger partial charge in [0.25, 0.3) is 0 Å². The first kappa shape index (κ1) is 25.0. The second-order valence-corrected chi connectivity index (χ2v) is 7.25. The van der Waals surface area contributed by atoms with Crippen molar-refractivity contribution in [2.75, 3.05) is 26.3 Å². The molecule has 2 fully saturated rings. The largest absolute Gasteiger partial charge is 0.381 e. The van der Waals surface area contributed by atoms with Gasteiger partial charge in [-0.15, -0.1) is 24.8 Å². The molecule has 0 saturated carbocycles. The lowest BCUT2D eigenvalue weighted by atomic mass is 10.00. The number of rotatable bonds is 4. The number of hydrogen-bond acceptors (Lipinski definition) is 4. The SMILES string of the molecule is Cl.Cl.N[C@H]1CC[C@@H](C(=O)NCc2c(F)cccc2F)CN(C2CCOCC2)C1. The van der Waals surface area contributed by atoms with Crippen molar-refractivity contribution >= 4 is 30.7 Å². The van der Waals surface area contributed by atoms with Gasteiger partial charge in [0.05, 0.1) is 5.92 Å². The number of hydrogen-bond donors (Lipinski definition) is 2. The van der Waals surface area contributed by atoms with E-state index in [4.69, 9.17) is 10.5 Å². The molecule has 28 heavy (non-hydrogen) atoms. The van der Waals surface area contributed by atoms with E-state index in [1.165, 1.54) is 18.2 Å². The highest BCUT2D eigenvalue weighted by Gasteiger charge is 2.31. The molecule has 160 valence electrons. The van der Waals surface area contributed by atoms with Gasteiger partial charge >= 0.3 is 0 Å². The first-order chi connectivity index (χ1) is 12.5. The van der Waals surface area contributed by atoms with E-state index in [1.54, 1.807) is 0 Å². The molecule has 1 aromatic carbocycles. The Labute approximate surface area is 177 Å². The molecule has 1 aromatic rings. The number of nitrogens with one attached hydrogen (secondary N) is 1. The Bertz CT molecular complexity index is 613. The molecule has 0 bridgehead atoms. The third-order valence-electron chi connectivity index (χ3n) is 5.39. The lowest BCUT2D eigenvalue weighted by Gasteiger charge is -2.35. The summed E-state index contributed by atoms with van der Waals surface area (Å²) in [6.45, 7) is 2.73. The number of nitrogens with two attached hydrogens (primary N) is 1. The van der Waals surface area contributed by atoms with E-state index in [9.17, 15) is 13.6 Å². The van der Waals surface area contributed by atoms with Gasteiger partial charge in [0.2, 0.25) is 5.91 Å². The number of carbonyl (C=O) groups excluding carboxylic acids is 1. The molecule has 9 heteroatoms.